The number of amides is 1. The molecule has 4 aromatic rings. The molecule has 2 heterocycles. The third kappa shape index (κ3) is 4.46. The topological polar surface area (TPSA) is 72.7 Å². The van der Waals surface area contributed by atoms with Gasteiger partial charge in [0.15, 0.2) is 4.80 Å². The smallest absolute Gasteiger partial charge is 0.271 e. The van der Waals surface area contributed by atoms with Crippen LogP contribution in [0, 0.1) is 0 Å². The van der Waals surface area contributed by atoms with Crippen LogP contribution in [-0.2, 0) is 4.79 Å². The van der Waals surface area contributed by atoms with Crippen molar-refractivity contribution in [2.24, 2.45) is 4.99 Å². The van der Waals surface area contributed by atoms with Crippen LogP contribution in [0.25, 0.3) is 6.08 Å². The van der Waals surface area contributed by atoms with Crippen LogP contribution in [0.2, 0.25) is 0 Å². The Morgan fingerprint density at radius 3 is 2.31 bits per heavy atom. The van der Waals surface area contributed by atoms with Gasteiger partial charge in [-0.25, -0.2) is 4.99 Å². The average molecular weight is 482 g/mol. The van der Waals surface area contributed by atoms with E-state index in [4.69, 9.17) is 4.74 Å². The van der Waals surface area contributed by atoms with Crippen LogP contribution in [0.5, 0.6) is 5.75 Å². The van der Waals surface area contributed by atoms with Crippen molar-refractivity contribution in [1.82, 2.24) is 4.57 Å². The van der Waals surface area contributed by atoms with Gasteiger partial charge < -0.3 is 10.1 Å². The summed E-state index contributed by atoms with van der Waals surface area (Å²) in [7, 11) is 1.60. The average Bonchev–Trinajstić information content (AvgIpc) is 3.18. The lowest BCUT2D eigenvalue weighted by Gasteiger charge is -2.25. The van der Waals surface area contributed by atoms with Crippen LogP contribution in [0.1, 0.15) is 24.1 Å². The lowest BCUT2D eigenvalue weighted by molar-refractivity contribution is -0.113. The van der Waals surface area contributed by atoms with E-state index in [0.717, 1.165) is 11.1 Å². The van der Waals surface area contributed by atoms with E-state index < -0.39 is 6.04 Å². The first kappa shape index (κ1) is 22.6. The first-order valence-corrected chi connectivity index (χ1v) is 11.9. The molecule has 0 bridgehead atoms. The Morgan fingerprint density at radius 2 is 1.66 bits per heavy atom. The molecular formula is C28H23N3O3S. The number of allylic oxidation sites excluding steroid dienone is 1. The van der Waals surface area contributed by atoms with Crippen molar-refractivity contribution in [2.45, 2.75) is 13.0 Å². The maximum absolute atomic E-state index is 13.7. The molecule has 0 aliphatic carbocycles. The van der Waals surface area contributed by atoms with Gasteiger partial charge in [0, 0.05) is 5.69 Å². The van der Waals surface area contributed by atoms with Gasteiger partial charge in [-0.3, -0.25) is 14.2 Å². The number of carbonyl (C=O) groups is 1. The maximum Gasteiger partial charge on any atom is 0.271 e. The summed E-state index contributed by atoms with van der Waals surface area (Å²) in [5.74, 6) is 0.400. The van der Waals surface area contributed by atoms with Crippen LogP contribution >= 0.6 is 11.3 Å². The predicted molar refractivity (Wildman–Crippen MR) is 138 cm³/mol. The summed E-state index contributed by atoms with van der Waals surface area (Å²) in [6, 6.07) is 25.7. The fraction of sp³-hybridized carbons (Fsp3) is 0.107. The van der Waals surface area contributed by atoms with Crippen LogP contribution < -0.4 is 24.9 Å². The van der Waals surface area contributed by atoms with E-state index in [2.05, 4.69) is 10.3 Å². The number of para-hydroxylation sites is 1. The largest absolute Gasteiger partial charge is 0.497 e. The number of nitrogens with one attached hydrogen (secondary N) is 1. The van der Waals surface area contributed by atoms with Crippen molar-refractivity contribution in [1.29, 1.82) is 0 Å². The highest BCUT2D eigenvalue weighted by Crippen LogP contribution is 2.31. The Kier molecular flexibility index (Phi) is 6.16. The monoisotopic (exact) mass is 481 g/mol. The molecule has 3 aromatic carbocycles. The zero-order valence-electron chi connectivity index (χ0n) is 19.3. The van der Waals surface area contributed by atoms with Gasteiger partial charge in [0.05, 0.1) is 29.0 Å². The highest BCUT2D eigenvalue weighted by molar-refractivity contribution is 7.07. The summed E-state index contributed by atoms with van der Waals surface area (Å²) in [6.07, 6.45) is 1.86. The van der Waals surface area contributed by atoms with Gasteiger partial charge >= 0.3 is 0 Å². The Balaban J connectivity index is 1.67. The molecule has 1 aliphatic heterocycles. The van der Waals surface area contributed by atoms with E-state index in [1.807, 2.05) is 97.9 Å². The molecule has 0 unspecified atom stereocenters. The van der Waals surface area contributed by atoms with Crippen LogP contribution in [-0.4, -0.2) is 17.6 Å². The summed E-state index contributed by atoms with van der Waals surface area (Å²) in [6.45, 7) is 1.81. The lowest BCUT2D eigenvalue weighted by Crippen LogP contribution is -2.40. The Bertz CT molecular complexity index is 1590. The number of fused-ring (bicyclic) bond motifs is 1. The molecule has 1 aliphatic rings. The quantitative estimate of drug-likeness (QED) is 0.470. The summed E-state index contributed by atoms with van der Waals surface area (Å²) < 4.78 is 7.49. The molecule has 0 radical (unpaired) electrons. The molecule has 1 amide bonds. The van der Waals surface area contributed by atoms with Gasteiger partial charge in [-0.15, -0.1) is 0 Å². The molecule has 7 heteroatoms. The van der Waals surface area contributed by atoms with Gasteiger partial charge in [-0.1, -0.05) is 72.0 Å². The number of nitrogens with zero attached hydrogens (tertiary/aromatic N) is 2. The van der Waals surface area contributed by atoms with Crippen molar-refractivity contribution in [3.63, 3.8) is 0 Å². The predicted octanol–water partition coefficient (Wildman–Crippen LogP) is 3.88. The van der Waals surface area contributed by atoms with Gasteiger partial charge in [-0.05, 0) is 48.4 Å². The minimum Gasteiger partial charge on any atom is -0.497 e. The van der Waals surface area contributed by atoms with Crippen LogP contribution in [0.3, 0.4) is 0 Å². The number of hydrogen-bond donors (Lipinski definition) is 1. The molecule has 0 spiro atoms. The number of ether oxygens (including phenoxy) is 1. The molecular weight excluding hydrogens is 458 g/mol. The SMILES string of the molecule is COc1ccc([C@H]2C(C(=O)Nc3ccccc3)=C(C)N=c3s/c(=C/c4ccccc4)c(=O)n32)cc1. The summed E-state index contributed by atoms with van der Waals surface area (Å²) in [5.41, 5.74) is 3.22. The van der Waals surface area contributed by atoms with E-state index >= 15 is 0 Å². The zero-order chi connectivity index (χ0) is 24.4. The molecule has 35 heavy (non-hydrogen) atoms. The second kappa shape index (κ2) is 9.56. The summed E-state index contributed by atoms with van der Waals surface area (Å²) >= 11 is 1.32. The molecule has 6 nitrogen and oxygen atoms in total. The number of carbonyl (C=O) groups excluding carboxylic acids is 1. The number of thiazole rings is 1. The van der Waals surface area contributed by atoms with E-state index in [0.29, 0.717) is 32.0 Å². The fourth-order valence-corrected chi connectivity index (χ4v) is 5.18. The number of aromatic nitrogens is 1. The highest BCUT2D eigenvalue weighted by atomic mass is 32.1. The third-order valence-corrected chi connectivity index (χ3v) is 6.81. The molecule has 1 aromatic heterocycles. The summed E-state index contributed by atoms with van der Waals surface area (Å²) in [4.78, 5) is 32.4. The van der Waals surface area contributed by atoms with Crippen molar-refractivity contribution < 1.29 is 9.53 Å². The number of benzene rings is 3. The minimum atomic E-state index is -0.626. The van der Waals surface area contributed by atoms with Crippen molar-refractivity contribution in [2.75, 3.05) is 12.4 Å². The molecule has 1 N–H and O–H groups in total. The maximum atomic E-state index is 13.7. The number of hydrogen-bond acceptors (Lipinski definition) is 5. The van der Waals surface area contributed by atoms with Gasteiger partial charge in [-0.2, -0.15) is 0 Å². The second-order valence-corrected chi connectivity index (χ2v) is 9.09. The van der Waals surface area contributed by atoms with Gasteiger partial charge in [0.1, 0.15) is 5.75 Å². The standard InChI is InChI=1S/C28H23N3O3S/c1-18-24(26(32)30-21-11-7-4-8-12-21)25(20-13-15-22(34-2)16-14-20)31-27(33)23(35-28(31)29-18)17-19-9-5-3-6-10-19/h3-17,25H,1-2H3,(H,30,32)/b23-17+/t25-/m0/s1. The van der Waals surface area contributed by atoms with Crippen molar-refractivity contribution in [3.8, 4) is 5.75 Å². The summed E-state index contributed by atoms with van der Waals surface area (Å²) in [5, 5.41) is 2.96. The lowest BCUT2D eigenvalue weighted by atomic mass is 9.95. The second-order valence-electron chi connectivity index (χ2n) is 8.09. The Morgan fingerprint density at radius 1 is 1.00 bits per heavy atom. The van der Waals surface area contributed by atoms with Gasteiger partial charge in [0.25, 0.3) is 11.5 Å². The molecule has 174 valence electrons. The van der Waals surface area contributed by atoms with E-state index in [1.54, 1.807) is 11.7 Å². The van der Waals surface area contributed by atoms with E-state index in [9.17, 15) is 9.59 Å². The highest BCUT2D eigenvalue weighted by Gasteiger charge is 2.32. The molecule has 1 atom stereocenters. The van der Waals surface area contributed by atoms with Gasteiger partial charge in [0.2, 0.25) is 0 Å². The molecule has 5 rings (SSSR count). The fourth-order valence-electron chi connectivity index (χ4n) is 4.13. The Labute approximate surface area is 206 Å². The van der Waals surface area contributed by atoms with Crippen molar-refractivity contribution >= 4 is 29.0 Å². The molecule has 0 fully saturated rings. The Hall–Kier alpha value is -4.23. The van der Waals surface area contributed by atoms with Crippen molar-refractivity contribution in [3.05, 3.63) is 127 Å². The minimum absolute atomic E-state index is 0.184. The van der Waals surface area contributed by atoms with Crippen LogP contribution in [0.15, 0.2) is 106 Å². The third-order valence-electron chi connectivity index (χ3n) is 5.83. The van der Waals surface area contributed by atoms with E-state index in [-0.39, 0.29) is 11.5 Å². The number of anilines is 1. The van der Waals surface area contributed by atoms with E-state index in [1.165, 1.54) is 11.3 Å². The number of methoxy groups -OCH3 is 1. The van der Waals surface area contributed by atoms with Crippen LogP contribution in [0.4, 0.5) is 5.69 Å². The first-order chi connectivity index (χ1) is 17.0. The zero-order valence-corrected chi connectivity index (χ0v) is 20.1. The first-order valence-electron chi connectivity index (χ1n) is 11.1. The number of rotatable bonds is 5. The normalized spacial score (nSPS) is 15.4. The molecule has 0 saturated heterocycles. The molecule has 0 saturated carbocycles.